The largest absolute Gasteiger partial charge is 0.459 e. The van der Waals surface area contributed by atoms with Gasteiger partial charge in [-0.2, -0.15) is 0 Å². The Labute approximate surface area is 356 Å². The highest BCUT2D eigenvalue weighted by atomic mass is 16.7. The highest BCUT2D eigenvalue weighted by Gasteiger charge is 2.54. The van der Waals surface area contributed by atoms with Crippen molar-refractivity contribution in [2.24, 2.45) is 33.8 Å². The molecule has 14 atom stereocenters. The lowest BCUT2D eigenvalue weighted by atomic mass is 9.73. The maximum Gasteiger partial charge on any atom is 0.316 e. The molecule has 15 heteroatoms. The third kappa shape index (κ3) is 11.9. The van der Waals surface area contributed by atoms with Crippen LogP contribution in [0.2, 0.25) is 0 Å². The third-order valence-electron chi connectivity index (χ3n) is 12.0. The number of Topliss-reactive ketones (excluding diaryl/α,β-unsaturated/α-hetero) is 1. The number of hydrogen-bond donors (Lipinski definition) is 2. The average Bonchev–Trinajstić information content (AvgIpc) is 3.17. The van der Waals surface area contributed by atoms with Crippen LogP contribution in [0.25, 0.3) is 0 Å². The van der Waals surface area contributed by atoms with Crippen molar-refractivity contribution in [3.05, 3.63) is 35.9 Å². The molecule has 0 unspecified atom stereocenters. The maximum atomic E-state index is 14.6. The van der Waals surface area contributed by atoms with Gasteiger partial charge in [-0.15, -0.1) is 0 Å². The first-order valence-corrected chi connectivity index (χ1v) is 21.3. The number of oxime groups is 1. The van der Waals surface area contributed by atoms with Crippen LogP contribution in [0.3, 0.4) is 0 Å². The Morgan fingerprint density at radius 1 is 1.02 bits per heavy atom. The van der Waals surface area contributed by atoms with E-state index in [1.807, 2.05) is 90.9 Å². The lowest BCUT2D eigenvalue weighted by Crippen LogP contribution is -2.65. The highest BCUT2D eigenvalue weighted by molar-refractivity contribution is 6.00. The molecule has 0 saturated carbocycles. The Morgan fingerprint density at radius 2 is 1.67 bits per heavy atom. The number of carbonyl (C=O) groups excluding carboxylic acids is 3. The van der Waals surface area contributed by atoms with Gasteiger partial charge in [0.05, 0.1) is 48.8 Å². The van der Waals surface area contributed by atoms with Crippen molar-refractivity contribution >= 4 is 29.1 Å². The fourth-order valence-electron chi connectivity index (χ4n) is 9.01. The normalized spacial score (nSPS) is 39.1. The standard InChI is InChI=1S/C45H71N3O12/c1-15-33-45(12,53)40-26(3)34(46-30(7)49)25(2)21-44(11,55-24-32(23-54-40)47-56-22-31-19-17-16-18-20-31)39(27(4)36(50)28(5)41(52)58-33)59-42-37(51)35(48(13)14)38(29(6)57-42)60-43(8,9)10/h16-20,25-29,33,35,37-40,42,51,53H,15,21-24H2,1-14H3/b46-34+,47-32+/t25-,26+,27+,28-,29-,33-,35-,37-,38-,39-,40-,42+,44-,45-/m1/s1. The van der Waals surface area contributed by atoms with E-state index in [0.29, 0.717) is 11.4 Å². The zero-order chi connectivity index (χ0) is 44.9. The summed E-state index contributed by atoms with van der Waals surface area (Å²) in [7, 11) is 3.68. The van der Waals surface area contributed by atoms with Crippen molar-refractivity contribution < 1.29 is 57.9 Å². The van der Waals surface area contributed by atoms with Gasteiger partial charge in [-0.1, -0.05) is 63.2 Å². The average molecular weight is 846 g/mol. The smallest absolute Gasteiger partial charge is 0.316 e. The molecule has 0 spiro atoms. The maximum absolute atomic E-state index is 14.6. The van der Waals surface area contributed by atoms with Crippen LogP contribution in [0.15, 0.2) is 40.5 Å². The summed E-state index contributed by atoms with van der Waals surface area (Å²) in [6.45, 7) is 20.7. The van der Waals surface area contributed by atoms with Crippen LogP contribution < -0.4 is 0 Å². The van der Waals surface area contributed by atoms with Crippen molar-refractivity contribution in [3.63, 3.8) is 0 Å². The van der Waals surface area contributed by atoms with Crippen molar-refractivity contribution in [1.82, 2.24) is 4.90 Å². The number of benzene rings is 1. The number of aliphatic hydroxyl groups excluding tert-OH is 1. The zero-order valence-electron chi connectivity index (χ0n) is 38.2. The zero-order valence-corrected chi connectivity index (χ0v) is 38.2. The van der Waals surface area contributed by atoms with Crippen LogP contribution in [-0.4, -0.2) is 137 Å². The van der Waals surface area contributed by atoms with Gasteiger partial charge in [0.25, 0.3) is 0 Å². The molecule has 338 valence electrons. The van der Waals surface area contributed by atoms with E-state index in [0.717, 1.165) is 5.56 Å². The third-order valence-corrected chi connectivity index (χ3v) is 12.0. The number of nitrogens with zero attached hydrogens (tertiary/aromatic N) is 3. The predicted molar refractivity (Wildman–Crippen MR) is 225 cm³/mol. The Hall–Kier alpha value is -3.15. The number of hydrogen-bond acceptors (Lipinski definition) is 14. The van der Waals surface area contributed by atoms with Gasteiger partial charge in [-0.25, -0.2) is 4.99 Å². The fraction of sp³-hybridized carbons (Fsp3) is 0.756. The van der Waals surface area contributed by atoms with Crippen molar-refractivity contribution in [1.29, 1.82) is 0 Å². The SMILES string of the molecule is CC[C@H]1OC(=O)[C@H](C)C(=O)[C@H](C)[C@@H](O[C@@H]2O[C@H](C)[C@@H](OC(C)(C)C)[C@H](N(C)C)[C@H]2O)[C@@]2(C)C[C@@H](C)/C(=N\C(C)=O)[C@H](C)[C@@H](OC/C(=N\OCc3ccccc3)CO2)[C@]1(C)O. The van der Waals surface area contributed by atoms with Gasteiger partial charge in [0, 0.05) is 24.5 Å². The predicted octanol–water partition coefficient (Wildman–Crippen LogP) is 4.92. The number of cyclic esters (lactones) is 1. The van der Waals surface area contributed by atoms with Gasteiger partial charge >= 0.3 is 5.97 Å². The number of aliphatic hydroxyl groups is 2. The number of rotatable bonds is 8. The van der Waals surface area contributed by atoms with Crippen molar-refractivity contribution in [3.8, 4) is 0 Å². The molecule has 0 aliphatic carbocycles. The summed E-state index contributed by atoms with van der Waals surface area (Å²) in [5.74, 6) is -5.40. The van der Waals surface area contributed by atoms with E-state index in [1.165, 1.54) is 20.8 Å². The number of aliphatic imine (C=N–C) groups is 1. The van der Waals surface area contributed by atoms with Gasteiger partial charge in [0.15, 0.2) is 12.1 Å². The van der Waals surface area contributed by atoms with Crippen LogP contribution >= 0.6 is 0 Å². The number of ether oxygens (including phenoxy) is 6. The number of likely N-dealkylation sites (N-methyl/N-ethyl adjacent to an activating group) is 1. The quantitative estimate of drug-likeness (QED) is 0.205. The van der Waals surface area contributed by atoms with E-state index in [4.69, 9.17) is 33.3 Å². The molecule has 3 heterocycles. The topological polar surface area (TPSA) is 184 Å². The summed E-state index contributed by atoms with van der Waals surface area (Å²) in [5, 5.41) is 29.0. The number of fused-ring (bicyclic) bond motifs is 5. The number of carbonyl (C=O) groups is 3. The van der Waals surface area contributed by atoms with Gasteiger partial charge in [0.1, 0.15) is 42.1 Å². The minimum Gasteiger partial charge on any atom is -0.459 e. The number of esters is 1. The minimum atomic E-state index is -1.85. The van der Waals surface area contributed by atoms with Gasteiger partial charge < -0.3 is 48.4 Å². The van der Waals surface area contributed by atoms with Crippen molar-refractivity contribution in [2.75, 3.05) is 27.3 Å². The Kier molecular flexibility index (Phi) is 16.8. The molecule has 1 aromatic carbocycles. The first kappa shape index (κ1) is 49.5. The number of amides is 1. The summed E-state index contributed by atoms with van der Waals surface area (Å²) in [4.78, 5) is 53.6. The van der Waals surface area contributed by atoms with Crippen LogP contribution in [-0.2, 0) is 54.2 Å². The van der Waals surface area contributed by atoms with Gasteiger partial charge in [-0.05, 0) is 86.9 Å². The molecule has 60 heavy (non-hydrogen) atoms. The molecule has 0 aromatic heterocycles. The first-order valence-electron chi connectivity index (χ1n) is 21.3. The van der Waals surface area contributed by atoms with Gasteiger partial charge in [0.2, 0.25) is 5.91 Å². The first-order chi connectivity index (χ1) is 27.9. The molecular formula is C45H71N3O12. The van der Waals surface area contributed by atoms with Crippen LogP contribution in [0.5, 0.6) is 0 Å². The van der Waals surface area contributed by atoms with E-state index in [-0.39, 0.29) is 32.7 Å². The Morgan fingerprint density at radius 3 is 2.25 bits per heavy atom. The highest BCUT2D eigenvalue weighted by Crippen LogP contribution is 2.40. The molecule has 2 bridgehead atoms. The monoisotopic (exact) mass is 846 g/mol. The lowest BCUT2D eigenvalue weighted by molar-refractivity contribution is -0.324. The van der Waals surface area contributed by atoms with Crippen LogP contribution in [0.1, 0.15) is 101 Å². The molecule has 0 radical (unpaired) electrons. The van der Waals surface area contributed by atoms with Crippen LogP contribution in [0.4, 0.5) is 0 Å². The molecule has 3 aliphatic rings. The number of ketones is 1. The summed E-state index contributed by atoms with van der Waals surface area (Å²) in [6, 6.07) is 8.92. The summed E-state index contributed by atoms with van der Waals surface area (Å²) >= 11 is 0. The van der Waals surface area contributed by atoms with E-state index < -0.39 is 107 Å². The second-order valence-electron chi connectivity index (χ2n) is 18.6. The second-order valence-corrected chi connectivity index (χ2v) is 18.6. The summed E-state index contributed by atoms with van der Waals surface area (Å²) < 4.78 is 39.2. The van der Waals surface area contributed by atoms with E-state index in [9.17, 15) is 24.6 Å². The molecule has 3 fully saturated rings. The van der Waals surface area contributed by atoms with Gasteiger partial charge in [-0.3, -0.25) is 14.4 Å². The van der Waals surface area contributed by atoms with Crippen molar-refractivity contribution in [2.45, 2.75) is 168 Å². The fourth-order valence-corrected chi connectivity index (χ4v) is 9.01. The summed E-state index contributed by atoms with van der Waals surface area (Å²) in [6.07, 6.45) is -6.76. The molecular weight excluding hydrogens is 775 g/mol. The molecule has 2 N–H and O–H groups in total. The van der Waals surface area contributed by atoms with Crippen LogP contribution in [0, 0.1) is 23.7 Å². The van der Waals surface area contributed by atoms with E-state index in [1.54, 1.807) is 20.8 Å². The lowest BCUT2D eigenvalue weighted by Gasteiger charge is -2.50. The van der Waals surface area contributed by atoms with E-state index in [2.05, 4.69) is 10.1 Å². The second kappa shape index (κ2) is 20.4. The van der Waals surface area contributed by atoms with E-state index >= 15 is 0 Å². The Bertz CT molecular complexity index is 1680. The minimum absolute atomic E-state index is 0.125. The molecule has 1 aromatic rings. The molecule has 4 rings (SSSR count). The summed E-state index contributed by atoms with van der Waals surface area (Å²) in [5.41, 5.74) is -2.22. The molecule has 1 amide bonds. The molecule has 3 saturated heterocycles. The molecule has 15 nitrogen and oxygen atoms in total. The Balaban J connectivity index is 1.94. The molecule has 3 aliphatic heterocycles.